The quantitative estimate of drug-likeness (QED) is 0.889. The average molecular weight is 260 g/mol. The number of nitrogens with zero attached hydrogens (tertiary/aromatic N) is 4. The number of carboxylic acid groups (broad SMARTS) is 1. The molecule has 3 heterocycles. The Morgan fingerprint density at radius 1 is 1.53 bits per heavy atom. The van der Waals surface area contributed by atoms with E-state index >= 15 is 0 Å². The molecule has 1 fully saturated rings. The molecule has 0 spiro atoms. The summed E-state index contributed by atoms with van der Waals surface area (Å²) in [5, 5.41) is 9.02. The maximum Gasteiger partial charge on any atom is 0.356 e. The minimum absolute atomic E-state index is 0.0549. The van der Waals surface area contributed by atoms with Crippen molar-refractivity contribution < 1.29 is 9.90 Å². The lowest BCUT2D eigenvalue weighted by Gasteiger charge is -2.31. The molecule has 0 aromatic carbocycles. The van der Waals surface area contributed by atoms with Crippen molar-refractivity contribution >= 4 is 17.4 Å². The van der Waals surface area contributed by atoms with Crippen LogP contribution in [0.4, 0.5) is 5.82 Å². The minimum atomic E-state index is -1.01. The Hall–Kier alpha value is -2.11. The first-order chi connectivity index (χ1) is 9.15. The summed E-state index contributed by atoms with van der Waals surface area (Å²) in [4.78, 5) is 21.8. The summed E-state index contributed by atoms with van der Waals surface area (Å²) in [6.07, 6.45) is 7.31. The number of imidazole rings is 1. The second-order valence-electron chi connectivity index (χ2n) is 5.11. The van der Waals surface area contributed by atoms with Crippen LogP contribution in [0.1, 0.15) is 30.3 Å². The fourth-order valence-corrected chi connectivity index (χ4v) is 2.61. The summed E-state index contributed by atoms with van der Waals surface area (Å²) in [5.74, 6) is 0.396. The first-order valence-electron chi connectivity index (χ1n) is 6.47. The van der Waals surface area contributed by atoms with Crippen molar-refractivity contribution in [1.82, 2.24) is 14.4 Å². The van der Waals surface area contributed by atoms with Gasteiger partial charge in [0.1, 0.15) is 0 Å². The van der Waals surface area contributed by atoms with Crippen molar-refractivity contribution in [3.63, 3.8) is 0 Å². The van der Waals surface area contributed by atoms with Crippen LogP contribution < -0.4 is 4.90 Å². The van der Waals surface area contributed by atoms with Gasteiger partial charge in [0.05, 0.1) is 0 Å². The van der Waals surface area contributed by atoms with Gasteiger partial charge in [-0.15, -0.1) is 0 Å². The van der Waals surface area contributed by atoms with Crippen molar-refractivity contribution in [2.75, 3.05) is 18.0 Å². The van der Waals surface area contributed by atoms with Gasteiger partial charge in [-0.25, -0.2) is 14.8 Å². The second-order valence-corrected chi connectivity index (χ2v) is 5.11. The van der Waals surface area contributed by atoms with E-state index in [0.29, 0.717) is 11.6 Å². The van der Waals surface area contributed by atoms with E-state index in [2.05, 4.69) is 21.8 Å². The van der Waals surface area contributed by atoms with E-state index < -0.39 is 5.97 Å². The first-order valence-corrected chi connectivity index (χ1v) is 6.47. The minimum Gasteiger partial charge on any atom is -0.476 e. The number of anilines is 1. The smallest absolute Gasteiger partial charge is 0.356 e. The van der Waals surface area contributed by atoms with Gasteiger partial charge in [-0.05, 0) is 18.8 Å². The number of rotatable bonds is 2. The van der Waals surface area contributed by atoms with Crippen molar-refractivity contribution in [2.45, 2.75) is 19.8 Å². The van der Waals surface area contributed by atoms with Crippen LogP contribution in [0.25, 0.3) is 5.65 Å². The molecule has 2 aromatic heterocycles. The number of piperidine rings is 1. The summed E-state index contributed by atoms with van der Waals surface area (Å²) < 4.78 is 1.73. The molecular weight excluding hydrogens is 244 g/mol. The zero-order valence-electron chi connectivity index (χ0n) is 10.8. The van der Waals surface area contributed by atoms with Gasteiger partial charge < -0.3 is 14.4 Å². The molecule has 1 aliphatic heterocycles. The lowest BCUT2D eigenvalue weighted by molar-refractivity contribution is 0.0691. The highest BCUT2D eigenvalue weighted by Gasteiger charge is 2.21. The Kier molecular flexibility index (Phi) is 2.85. The third-order valence-corrected chi connectivity index (χ3v) is 3.53. The van der Waals surface area contributed by atoms with Crippen LogP contribution >= 0.6 is 0 Å². The van der Waals surface area contributed by atoms with E-state index in [1.54, 1.807) is 16.8 Å². The summed E-state index contributed by atoms with van der Waals surface area (Å²) in [6, 6.07) is 0. The van der Waals surface area contributed by atoms with Crippen LogP contribution in [0.3, 0.4) is 0 Å². The van der Waals surface area contributed by atoms with Crippen LogP contribution in [0.2, 0.25) is 0 Å². The number of aromatic nitrogens is 3. The molecule has 1 saturated heterocycles. The molecule has 6 nitrogen and oxygen atoms in total. The molecule has 1 atom stereocenters. The predicted molar refractivity (Wildman–Crippen MR) is 70.6 cm³/mol. The maximum absolute atomic E-state index is 11.0. The number of fused-ring (bicyclic) bond motifs is 1. The van der Waals surface area contributed by atoms with Crippen molar-refractivity contribution in [1.29, 1.82) is 0 Å². The van der Waals surface area contributed by atoms with Crippen LogP contribution in [-0.4, -0.2) is 38.5 Å². The van der Waals surface area contributed by atoms with E-state index in [4.69, 9.17) is 5.11 Å². The third kappa shape index (κ3) is 2.14. The van der Waals surface area contributed by atoms with Gasteiger partial charge in [0.2, 0.25) is 0 Å². The van der Waals surface area contributed by atoms with Crippen LogP contribution in [0, 0.1) is 5.92 Å². The highest BCUT2D eigenvalue weighted by Crippen LogP contribution is 2.24. The summed E-state index contributed by atoms with van der Waals surface area (Å²) in [6.45, 7) is 4.12. The molecule has 2 aromatic rings. The molecule has 3 rings (SSSR count). The molecule has 6 heteroatoms. The number of hydrogen-bond donors (Lipinski definition) is 1. The Bertz CT molecular complexity index is 622. The van der Waals surface area contributed by atoms with E-state index in [1.165, 1.54) is 12.6 Å². The Morgan fingerprint density at radius 2 is 2.37 bits per heavy atom. The molecular formula is C13H16N4O2. The molecule has 0 bridgehead atoms. The van der Waals surface area contributed by atoms with Gasteiger partial charge in [-0.2, -0.15) is 0 Å². The molecule has 0 saturated carbocycles. The van der Waals surface area contributed by atoms with Crippen LogP contribution in [0.15, 0.2) is 18.6 Å². The van der Waals surface area contributed by atoms with Gasteiger partial charge in [0.25, 0.3) is 0 Å². The maximum atomic E-state index is 11.0. The van der Waals surface area contributed by atoms with Gasteiger partial charge >= 0.3 is 5.97 Å². The van der Waals surface area contributed by atoms with Gasteiger partial charge in [-0.1, -0.05) is 6.92 Å². The van der Waals surface area contributed by atoms with Crippen LogP contribution in [-0.2, 0) is 0 Å². The lowest BCUT2D eigenvalue weighted by Crippen LogP contribution is -2.35. The molecule has 1 N–H and O–H groups in total. The number of carboxylic acids is 1. The number of aromatic carboxylic acids is 1. The Morgan fingerprint density at radius 3 is 3.11 bits per heavy atom. The molecule has 100 valence electrons. The third-order valence-electron chi connectivity index (χ3n) is 3.53. The lowest BCUT2D eigenvalue weighted by atomic mass is 10.0. The van der Waals surface area contributed by atoms with Crippen LogP contribution in [0.5, 0.6) is 0 Å². The van der Waals surface area contributed by atoms with E-state index in [-0.39, 0.29) is 5.69 Å². The van der Waals surface area contributed by atoms with Crippen molar-refractivity contribution in [3.8, 4) is 0 Å². The molecule has 0 radical (unpaired) electrons. The zero-order chi connectivity index (χ0) is 13.4. The van der Waals surface area contributed by atoms with E-state index in [9.17, 15) is 4.79 Å². The molecule has 19 heavy (non-hydrogen) atoms. The molecule has 0 aliphatic carbocycles. The standard InChI is InChI=1S/C13H16N4O2/c1-9-3-2-5-16(7-9)11-12-15-10(13(18)19)8-17(12)6-4-14-11/h4,6,8-9H,2-3,5,7H2,1H3,(H,18,19). The fourth-order valence-electron chi connectivity index (χ4n) is 2.61. The molecule has 0 amide bonds. The number of hydrogen-bond acceptors (Lipinski definition) is 4. The fraction of sp³-hybridized carbons (Fsp3) is 0.462. The highest BCUT2D eigenvalue weighted by molar-refractivity contribution is 5.87. The second kappa shape index (κ2) is 4.53. The summed E-state index contributed by atoms with van der Waals surface area (Å²) in [7, 11) is 0. The average Bonchev–Trinajstić information content (AvgIpc) is 2.82. The zero-order valence-corrected chi connectivity index (χ0v) is 10.8. The largest absolute Gasteiger partial charge is 0.476 e. The monoisotopic (exact) mass is 260 g/mol. The van der Waals surface area contributed by atoms with E-state index in [1.807, 2.05) is 0 Å². The highest BCUT2D eigenvalue weighted by atomic mass is 16.4. The van der Waals surface area contributed by atoms with E-state index in [0.717, 1.165) is 25.3 Å². The normalized spacial score (nSPS) is 19.8. The summed E-state index contributed by atoms with van der Waals surface area (Å²) in [5.41, 5.74) is 0.674. The molecule has 1 unspecified atom stereocenters. The summed E-state index contributed by atoms with van der Waals surface area (Å²) >= 11 is 0. The van der Waals surface area contributed by atoms with Gasteiger partial charge in [0.15, 0.2) is 17.2 Å². The predicted octanol–water partition coefficient (Wildman–Crippen LogP) is 1.66. The number of carbonyl (C=O) groups is 1. The SMILES string of the molecule is CC1CCCN(c2nccn3cc(C(=O)O)nc23)C1. The molecule has 1 aliphatic rings. The topological polar surface area (TPSA) is 70.7 Å². The van der Waals surface area contributed by atoms with Gasteiger partial charge in [-0.3, -0.25) is 0 Å². The van der Waals surface area contributed by atoms with Gasteiger partial charge in [0, 0.05) is 31.7 Å². The Labute approximate surface area is 110 Å². The van der Waals surface area contributed by atoms with Crippen molar-refractivity contribution in [3.05, 3.63) is 24.3 Å². The Balaban J connectivity index is 2.05. The van der Waals surface area contributed by atoms with Crippen molar-refractivity contribution in [2.24, 2.45) is 5.92 Å². The first kappa shape index (κ1) is 12.0.